The molecular weight excluding hydrogens is 196 g/mol. The second kappa shape index (κ2) is 5.19. The van der Waals surface area contributed by atoms with Crippen molar-refractivity contribution in [3.63, 3.8) is 0 Å². The highest BCUT2D eigenvalue weighted by Crippen LogP contribution is 2.49. The minimum Gasteiger partial charge on any atom is -0.300 e. The Labute approximate surface area is 99.6 Å². The third-order valence-corrected chi connectivity index (χ3v) is 4.32. The summed E-state index contributed by atoms with van der Waals surface area (Å²) >= 11 is 0. The topological polar surface area (TPSA) is 27.0 Å². The van der Waals surface area contributed by atoms with Crippen LogP contribution in [0.25, 0.3) is 0 Å². The second-order valence-corrected chi connectivity index (χ2v) is 5.74. The molecule has 0 aromatic rings. The standard InChI is InChI=1S/C14H24N2/c1-2-5-13-6-3-4-11-16(13)12-14(7-8-14)9-10-15/h13H,2-9,11-12H2,1H3. The van der Waals surface area contributed by atoms with E-state index in [1.54, 1.807) is 0 Å². The zero-order valence-electron chi connectivity index (χ0n) is 10.5. The van der Waals surface area contributed by atoms with Gasteiger partial charge in [-0.05, 0) is 44.1 Å². The van der Waals surface area contributed by atoms with Gasteiger partial charge in [-0.2, -0.15) is 5.26 Å². The van der Waals surface area contributed by atoms with Crippen LogP contribution in [0.15, 0.2) is 0 Å². The largest absolute Gasteiger partial charge is 0.300 e. The van der Waals surface area contributed by atoms with Crippen LogP contribution < -0.4 is 0 Å². The molecule has 0 spiro atoms. The van der Waals surface area contributed by atoms with E-state index < -0.39 is 0 Å². The van der Waals surface area contributed by atoms with E-state index in [-0.39, 0.29) is 0 Å². The van der Waals surface area contributed by atoms with E-state index in [9.17, 15) is 0 Å². The van der Waals surface area contributed by atoms with Gasteiger partial charge in [0.15, 0.2) is 0 Å². The lowest BCUT2D eigenvalue weighted by molar-refractivity contribution is 0.112. The summed E-state index contributed by atoms with van der Waals surface area (Å²) in [4.78, 5) is 2.69. The molecule has 1 unspecified atom stereocenters. The maximum absolute atomic E-state index is 8.87. The Morgan fingerprint density at radius 1 is 1.38 bits per heavy atom. The molecule has 16 heavy (non-hydrogen) atoms. The molecule has 2 aliphatic rings. The maximum atomic E-state index is 8.87. The van der Waals surface area contributed by atoms with E-state index in [4.69, 9.17) is 5.26 Å². The van der Waals surface area contributed by atoms with Crippen molar-refractivity contribution in [1.29, 1.82) is 5.26 Å². The lowest BCUT2D eigenvalue weighted by Crippen LogP contribution is -2.42. The lowest BCUT2D eigenvalue weighted by atomic mass is 9.94. The third-order valence-electron chi connectivity index (χ3n) is 4.32. The van der Waals surface area contributed by atoms with Gasteiger partial charge in [-0.15, -0.1) is 0 Å². The number of piperidine rings is 1. The molecule has 90 valence electrons. The van der Waals surface area contributed by atoms with Gasteiger partial charge in [0.05, 0.1) is 6.07 Å². The molecule has 2 nitrogen and oxygen atoms in total. The minimum absolute atomic E-state index is 0.401. The molecule has 0 bridgehead atoms. The van der Waals surface area contributed by atoms with Crippen LogP contribution in [0, 0.1) is 16.7 Å². The lowest BCUT2D eigenvalue weighted by Gasteiger charge is -2.37. The highest BCUT2D eigenvalue weighted by Gasteiger charge is 2.44. The number of rotatable bonds is 5. The molecule has 1 aliphatic carbocycles. The Balaban J connectivity index is 1.88. The van der Waals surface area contributed by atoms with Crippen LogP contribution in [-0.4, -0.2) is 24.0 Å². The van der Waals surface area contributed by atoms with Crippen LogP contribution in [-0.2, 0) is 0 Å². The van der Waals surface area contributed by atoms with Gasteiger partial charge in [-0.3, -0.25) is 4.90 Å². The number of nitrogens with zero attached hydrogens (tertiary/aromatic N) is 2. The van der Waals surface area contributed by atoms with E-state index in [2.05, 4.69) is 17.9 Å². The fraction of sp³-hybridized carbons (Fsp3) is 0.929. The zero-order valence-corrected chi connectivity index (χ0v) is 10.5. The number of hydrogen-bond donors (Lipinski definition) is 0. The average molecular weight is 220 g/mol. The Kier molecular flexibility index (Phi) is 3.86. The van der Waals surface area contributed by atoms with Crippen molar-refractivity contribution in [3.05, 3.63) is 0 Å². The van der Waals surface area contributed by atoms with Crippen LogP contribution in [0.5, 0.6) is 0 Å². The predicted octanol–water partition coefficient (Wildman–Crippen LogP) is 3.33. The molecule has 2 rings (SSSR count). The smallest absolute Gasteiger partial charge is 0.0628 e. The van der Waals surface area contributed by atoms with Gasteiger partial charge in [-0.25, -0.2) is 0 Å². The van der Waals surface area contributed by atoms with Crippen LogP contribution >= 0.6 is 0 Å². The van der Waals surface area contributed by atoms with Crippen LogP contribution in [0.2, 0.25) is 0 Å². The van der Waals surface area contributed by atoms with E-state index in [0.717, 1.165) is 12.5 Å². The quantitative estimate of drug-likeness (QED) is 0.710. The van der Waals surface area contributed by atoms with Gasteiger partial charge in [0.1, 0.15) is 0 Å². The molecule has 2 fully saturated rings. The van der Waals surface area contributed by atoms with E-state index in [0.29, 0.717) is 5.41 Å². The Morgan fingerprint density at radius 3 is 2.81 bits per heavy atom. The van der Waals surface area contributed by atoms with Crippen molar-refractivity contribution >= 4 is 0 Å². The van der Waals surface area contributed by atoms with Gasteiger partial charge in [-0.1, -0.05) is 19.8 Å². The summed E-state index contributed by atoms with van der Waals surface area (Å²) in [5.41, 5.74) is 0.401. The molecule has 1 aliphatic heterocycles. The first-order chi connectivity index (χ1) is 7.79. The summed E-state index contributed by atoms with van der Waals surface area (Å²) in [6.07, 6.45) is 10.2. The highest BCUT2D eigenvalue weighted by molar-refractivity contribution is 5.02. The molecule has 1 saturated heterocycles. The van der Waals surface area contributed by atoms with Gasteiger partial charge in [0.25, 0.3) is 0 Å². The Bertz CT molecular complexity index is 260. The summed E-state index contributed by atoms with van der Waals surface area (Å²) in [5, 5.41) is 8.87. The summed E-state index contributed by atoms with van der Waals surface area (Å²) < 4.78 is 0. The normalized spacial score (nSPS) is 28.6. The molecule has 0 amide bonds. The summed E-state index contributed by atoms with van der Waals surface area (Å²) in [6, 6.07) is 3.19. The van der Waals surface area contributed by atoms with Crippen molar-refractivity contribution in [2.45, 2.75) is 64.3 Å². The number of nitriles is 1. The molecule has 1 atom stereocenters. The molecule has 2 heteroatoms. The molecule has 0 aromatic carbocycles. The fourth-order valence-corrected chi connectivity index (χ4v) is 3.09. The Hall–Kier alpha value is -0.550. The van der Waals surface area contributed by atoms with Gasteiger partial charge >= 0.3 is 0 Å². The van der Waals surface area contributed by atoms with Crippen LogP contribution in [0.1, 0.15) is 58.3 Å². The van der Waals surface area contributed by atoms with Crippen molar-refractivity contribution in [1.82, 2.24) is 4.90 Å². The monoisotopic (exact) mass is 220 g/mol. The first-order valence-corrected chi connectivity index (χ1v) is 6.91. The van der Waals surface area contributed by atoms with Gasteiger partial charge in [0, 0.05) is 19.0 Å². The summed E-state index contributed by atoms with van der Waals surface area (Å²) in [6.45, 7) is 4.76. The van der Waals surface area contributed by atoms with Crippen LogP contribution in [0.3, 0.4) is 0 Å². The molecule has 0 radical (unpaired) electrons. The molecular formula is C14H24N2. The first-order valence-electron chi connectivity index (χ1n) is 6.91. The van der Waals surface area contributed by atoms with E-state index >= 15 is 0 Å². The van der Waals surface area contributed by atoms with Crippen LogP contribution in [0.4, 0.5) is 0 Å². The fourth-order valence-electron chi connectivity index (χ4n) is 3.09. The number of hydrogen-bond acceptors (Lipinski definition) is 2. The average Bonchev–Trinajstić information content (AvgIpc) is 3.02. The van der Waals surface area contributed by atoms with E-state index in [1.807, 2.05) is 0 Å². The highest BCUT2D eigenvalue weighted by atomic mass is 15.2. The maximum Gasteiger partial charge on any atom is 0.0628 e. The summed E-state index contributed by atoms with van der Waals surface area (Å²) in [5.74, 6) is 0. The molecule has 1 heterocycles. The van der Waals surface area contributed by atoms with Crippen molar-refractivity contribution < 1.29 is 0 Å². The summed E-state index contributed by atoms with van der Waals surface area (Å²) in [7, 11) is 0. The van der Waals surface area contributed by atoms with E-state index in [1.165, 1.54) is 58.0 Å². The van der Waals surface area contributed by atoms with Crippen molar-refractivity contribution in [3.8, 4) is 6.07 Å². The van der Waals surface area contributed by atoms with Crippen molar-refractivity contribution in [2.75, 3.05) is 13.1 Å². The predicted molar refractivity (Wildman–Crippen MR) is 66.0 cm³/mol. The van der Waals surface area contributed by atoms with Gasteiger partial charge in [0.2, 0.25) is 0 Å². The van der Waals surface area contributed by atoms with Gasteiger partial charge < -0.3 is 0 Å². The molecule has 1 saturated carbocycles. The molecule has 0 aromatic heterocycles. The first kappa shape index (κ1) is 11.9. The van der Waals surface area contributed by atoms with Crippen molar-refractivity contribution in [2.24, 2.45) is 5.41 Å². The SMILES string of the molecule is CCCC1CCCCN1CC1(CC#N)CC1. The third kappa shape index (κ3) is 2.77. The minimum atomic E-state index is 0.401. The molecule has 0 N–H and O–H groups in total. The second-order valence-electron chi connectivity index (χ2n) is 5.74. The Morgan fingerprint density at radius 2 is 2.19 bits per heavy atom. The number of likely N-dealkylation sites (tertiary alicyclic amines) is 1. The zero-order chi connectivity index (χ0) is 11.4.